The first-order valence-corrected chi connectivity index (χ1v) is 9.10. The maximum atomic E-state index is 13.9. The van der Waals surface area contributed by atoms with Gasteiger partial charge in [-0.25, -0.2) is 9.18 Å². The topological polar surface area (TPSA) is 136 Å². The summed E-state index contributed by atoms with van der Waals surface area (Å²) in [4.78, 5) is 36.1. The number of carboxylic acids is 1. The summed E-state index contributed by atoms with van der Waals surface area (Å²) in [6.45, 7) is 2.47. The smallest absolute Gasteiger partial charge is 0.354 e. The number of para-hydroxylation sites is 1. The van der Waals surface area contributed by atoms with Gasteiger partial charge in [0.1, 0.15) is 5.69 Å². The SMILES string of the molecule is COc1c(F)cccc1C(=O)N1CCCN(Cc2cn[nH]c2C(=O)O)CC1.O=CO. The zero-order valence-corrected chi connectivity index (χ0v) is 16.4. The van der Waals surface area contributed by atoms with Crippen molar-refractivity contribution in [3.8, 4) is 5.75 Å². The summed E-state index contributed by atoms with van der Waals surface area (Å²) in [5.74, 6) is -1.94. The van der Waals surface area contributed by atoms with Crippen molar-refractivity contribution in [3.63, 3.8) is 0 Å². The molecule has 0 bridgehead atoms. The van der Waals surface area contributed by atoms with Crippen LogP contribution >= 0.6 is 0 Å². The van der Waals surface area contributed by atoms with Gasteiger partial charge in [-0.3, -0.25) is 19.6 Å². The molecule has 11 heteroatoms. The van der Waals surface area contributed by atoms with Crippen LogP contribution in [-0.4, -0.2) is 81.8 Å². The van der Waals surface area contributed by atoms with E-state index in [2.05, 4.69) is 15.1 Å². The predicted octanol–water partition coefficient (Wildman–Crippen LogP) is 1.30. The Hall–Kier alpha value is -3.47. The fraction of sp³-hybridized carbons (Fsp3) is 0.368. The first-order valence-electron chi connectivity index (χ1n) is 9.10. The molecule has 3 rings (SSSR count). The van der Waals surface area contributed by atoms with Gasteiger partial charge >= 0.3 is 5.97 Å². The van der Waals surface area contributed by atoms with Crippen LogP contribution in [0.15, 0.2) is 24.4 Å². The van der Waals surface area contributed by atoms with Crippen molar-refractivity contribution >= 4 is 18.3 Å². The number of rotatable bonds is 5. The lowest BCUT2D eigenvalue weighted by Crippen LogP contribution is -2.35. The standard InChI is InChI=1S/C18H21FN4O4.CH2O2/c1-27-16-13(4-2-5-14(16)19)17(24)23-7-3-6-22(8-9-23)11-12-10-20-21-15(12)18(25)26;2-1-3/h2,4-5,10H,3,6-9,11H2,1H3,(H,20,21)(H,25,26);1H,(H,2,3). The van der Waals surface area contributed by atoms with Gasteiger partial charge < -0.3 is 19.8 Å². The van der Waals surface area contributed by atoms with Crippen molar-refractivity contribution in [1.82, 2.24) is 20.0 Å². The number of H-pyrrole nitrogens is 1. The summed E-state index contributed by atoms with van der Waals surface area (Å²) in [5.41, 5.74) is 0.889. The highest BCUT2D eigenvalue weighted by molar-refractivity contribution is 5.97. The molecule has 1 aromatic heterocycles. The zero-order chi connectivity index (χ0) is 22.1. The van der Waals surface area contributed by atoms with E-state index in [4.69, 9.17) is 19.7 Å². The molecule has 0 spiro atoms. The Balaban J connectivity index is 0.00000101. The Labute approximate surface area is 171 Å². The number of carbonyl (C=O) groups is 3. The van der Waals surface area contributed by atoms with Crippen LogP contribution in [0.2, 0.25) is 0 Å². The van der Waals surface area contributed by atoms with E-state index in [1.54, 1.807) is 11.0 Å². The molecule has 1 amide bonds. The monoisotopic (exact) mass is 422 g/mol. The van der Waals surface area contributed by atoms with E-state index in [-0.39, 0.29) is 29.4 Å². The average Bonchev–Trinajstić information content (AvgIpc) is 3.06. The number of aromatic amines is 1. The van der Waals surface area contributed by atoms with Crippen molar-refractivity contribution in [2.24, 2.45) is 0 Å². The second kappa shape index (κ2) is 10.9. The van der Waals surface area contributed by atoms with Crippen LogP contribution in [-0.2, 0) is 11.3 Å². The maximum Gasteiger partial charge on any atom is 0.354 e. The second-order valence-electron chi connectivity index (χ2n) is 6.42. The van der Waals surface area contributed by atoms with Crippen LogP contribution in [0.4, 0.5) is 4.39 Å². The molecule has 1 aromatic carbocycles. The molecule has 1 aliphatic rings. The van der Waals surface area contributed by atoms with Crippen LogP contribution in [0, 0.1) is 5.82 Å². The van der Waals surface area contributed by atoms with Crippen LogP contribution in [0.5, 0.6) is 5.75 Å². The van der Waals surface area contributed by atoms with Gasteiger partial charge in [0.15, 0.2) is 11.6 Å². The van der Waals surface area contributed by atoms with E-state index in [0.29, 0.717) is 38.3 Å². The van der Waals surface area contributed by atoms with Crippen molar-refractivity contribution in [1.29, 1.82) is 0 Å². The Bertz CT molecular complexity index is 888. The molecule has 1 saturated heterocycles. The summed E-state index contributed by atoms with van der Waals surface area (Å²) in [6.07, 6.45) is 2.23. The molecule has 2 aromatic rings. The zero-order valence-electron chi connectivity index (χ0n) is 16.4. The molecule has 2 heterocycles. The van der Waals surface area contributed by atoms with Gasteiger partial charge in [0.25, 0.3) is 12.4 Å². The minimum absolute atomic E-state index is 0.0481. The molecular weight excluding hydrogens is 399 g/mol. The third kappa shape index (κ3) is 5.54. The lowest BCUT2D eigenvalue weighted by Gasteiger charge is -2.22. The lowest BCUT2D eigenvalue weighted by atomic mass is 10.1. The third-order valence-electron chi connectivity index (χ3n) is 4.60. The van der Waals surface area contributed by atoms with Crippen LogP contribution in [0.3, 0.4) is 0 Å². The summed E-state index contributed by atoms with van der Waals surface area (Å²) in [7, 11) is 1.34. The van der Waals surface area contributed by atoms with E-state index in [9.17, 15) is 14.0 Å². The van der Waals surface area contributed by atoms with Crippen LogP contribution in [0.1, 0.15) is 32.8 Å². The normalized spacial score (nSPS) is 14.3. The minimum Gasteiger partial charge on any atom is -0.493 e. The molecule has 30 heavy (non-hydrogen) atoms. The minimum atomic E-state index is -1.05. The number of aromatic carboxylic acids is 1. The number of methoxy groups -OCH3 is 1. The summed E-state index contributed by atoms with van der Waals surface area (Å²) < 4.78 is 18.9. The molecule has 0 saturated carbocycles. The Kier molecular flexibility index (Phi) is 8.29. The number of carbonyl (C=O) groups excluding carboxylic acids is 1. The molecule has 1 aliphatic heterocycles. The number of benzene rings is 1. The molecule has 0 radical (unpaired) electrons. The third-order valence-corrected chi connectivity index (χ3v) is 4.60. The fourth-order valence-electron chi connectivity index (χ4n) is 3.24. The highest BCUT2D eigenvalue weighted by Crippen LogP contribution is 2.24. The maximum absolute atomic E-state index is 13.9. The fourth-order valence-corrected chi connectivity index (χ4v) is 3.24. The predicted molar refractivity (Wildman–Crippen MR) is 103 cm³/mol. The highest BCUT2D eigenvalue weighted by atomic mass is 19.1. The number of hydrogen-bond donors (Lipinski definition) is 3. The Morgan fingerprint density at radius 2 is 2.03 bits per heavy atom. The van der Waals surface area contributed by atoms with E-state index >= 15 is 0 Å². The number of nitrogens with zero attached hydrogens (tertiary/aromatic N) is 3. The van der Waals surface area contributed by atoms with E-state index in [1.165, 1.54) is 25.4 Å². The van der Waals surface area contributed by atoms with Crippen molar-refractivity contribution in [3.05, 3.63) is 47.0 Å². The molecule has 1 fully saturated rings. The molecule has 162 valence electrons. The second-order valence-corrected chi connectivity index (χ2v) is 6.42. The molecule has 3 N–H and O–H groups in total. The number of hydrogen-bond acceptors (Lipinski definition) is 6. The quantitative estimate of drug-likeness (QED) is 0.614. The number of amides is 1. The van der Waals surface area contributed by atoms with Crippen molar-refractivity contribution in [2.75, 3.05) is 33.3 Å². The first kappa shape index (κ1) is 22.8. The van der Waals surface area contributed by atoms with Crippen molar-refractivity contribution < 1.29 is 33.7 Å². The average molecular weight is 422 g/mol. The number of nitrogens with one attached hydrogen (secondary N) is 1. The van der Waals surface area contributed by atoms with Gasteiger partial charge in [-0.2, -0.15) is 5.10 Å². The van der Waals surface area contributed by atoms with Gasteiger partial charge in [0.05, 0.1) is 18.9 Å². The van der Waals surface area contributed by atoms with Gasteiger partial charge in [-0.05, 0) is 18.6 Å². The van der Waals surface area contributed by atoms with Gasteiger partial charge in [0.2, 0.25) is 0 Å². The molecule has 0 unspecified atom stereocenters. The number of halogens is 1. The lowest BCUT2D eigenvalue weighted by molar-refractivity contribution is -0.122. The van der Waals surface area contributed by atoms with Crippen LogP contribution in [0.25, 0.3) is 0 Å². The number of aromatic nitrogens is 2. The Morgan fingerprint density at radius 3 is 2.70 bits per heavy atom. The summed E-state index contributed by atoms with van der Waals surface area (Å²) in [5, 5.41) is 22.3. The molecule has 0 atom stereocenters. The number of carboxylic acid groups (broad SMARTS) is 2. The van der Waals surface area contributed by atoms with Gasteiger partial charge in [0, 0.05) is 38.3 Å². The highest BCUT2D eigenvalue weighted by Gasteiger charge is 2.25. The van der Waals surface area contributed by atoms with E-state index in [0.717, 1.165) is 6.42 Å². The molecule has 10 nitrogen and oxygen atoms in total. The van der Waals surface area contributed by atoms with Crippen molar-refractivity contribution in [2.45, 2.75) is 13.0 Å². The molecular formula is C19H23FN4O6. The van der Waals surface area contributed by atoms with Crippen LogP contribution < -0.4 is 4.74 Å². The summed E-state index contributed by atoms with van der Waals surface area (Å²) >= 11 is 0. The largest absolute Gasteiger partial charge is 0.493 e. The Morgan fingerprint density at radius 1 is 1.30 bits per heavy atom. The molecule has 0 aliphatic carbocycles. The van der Waals surface area contributed by atoms with E-state index in [1.807, 2.05) is 0 Å². The van der Waals surface area contributed by atoms with Gasteiger partial charge in [-0.1, -0.05) is 6.07 Å². The van der Waals surface area contributed by atoms with Gasteiger partial charge in [-0.15, -0.1) is 0 Å². The first-order chi connectivity index (χ1) is 14.4. The number of ether oxygens (including phenoxy) is 1. The van der Waals surface area contributed by atoms with E-state index < -0.39 is 11.8 Å². The summed E-state index contributed by atoms with van der Waals surface area (Å²) in [6, 6.07) is 4.30.